The smallest absolute Gasteiger partial charge is 0.310 e. The summed E-state index contributed by atoms with van der Waals surface area (Å²) in [5.41, 5.74) is 1.35. The number of hydrogen-bond acceptors (Lipinski definition) is 6. The van der Waals surface area contributed by atoms with Crippen molar-refractivity contribution in [3.8, 4) is 0 Å². The Bertz CT molecular complexity index is 658. The van der Waals surface area contributed by atoms with Gasteiger partial charge in [-0.3, -0.25) is 19.6 Å². The van der Waals surface area contributed by atoms with Crippen LogP contribution in [0.1, 0.15) is 50.9 Å². The largest absolute Gasteiger partial charge is 0.459 e. The lowest BCUT2D eigenvalue weighted by Gasteiger charge is -2.23. The van der Waals surface area contributed by atoms with Crippen LogP contribution >= 0.6 is 0 Å². The number of aromatic nitrogens is 2. The maximum Gasteiger partial charge on any atom is 0.310 e. The molecule has 28 heavy (non-hydrogen) atoms. The van der Waals surface area contributed by atoms with Crippen LogP contribution in [-0.4, -0.2) is 21.9 Å². The monoisotopic (exact) mass is 384 g/mol. The molecule has 150 valence electrons. The predicted octanol–water partition coefficient (Wildman–Crippen LogP) is 4.10. The summed E-state index contributed by atoms with van der Waals surface area (Å²) in [5.74, 6) is -1.80. The van der Waals surface area contributed by atoms with E-state index in [1.54, 1.807) is 36.7 Å². The second-order valence-corrected chi connectivity index (χ2v) is 6.65. The maximum atomic E-state index is 12.7. The van der Waals surface area contributed by atoms with Crippen molar-refractivity contribution in [3.63, 3.8) is 0 Å². The molecule has 0 N–H and O–H groups in total. The highest BCUT2D eigenvalue weighted by molar-refractivity contribution is 5.82. The first-order valence-electron chi connectivity index (χ1n) is 9.78. The Morgan fingerprint density at radius 2 is 1.21 bits per heavy atom. The van der Waals surface area contributed by atoms with E-state index in [0.29, 0.717) is 24.2 Å². The highest BCUT2D eigenvalue weighted by atomic mass is 16.5. The van der Waals surface area contributed by atoms with E-state index in [9.17, 15) is 9.59 Å². The molecular formula is C22H28N2O4. The van der Waals surface area contributed by atoms with Gasteiger partial charge in [-0.1, -0.05) is 38.8 Å². The van der Waals surface area contributed by atoms with Gasteiger partial charge >= 0.3 is 11.9 Å². The Morgan fingerprint density at radius 1 is 0.786 bits per heavy atom. The van der Waals surface area contributed by atoms with Gasteiger partial charge in [-0.05, 0) is 37.1 Å². The number of carbonyl (C=O) groups is 2. The van der Waals surface area contributed by atoms with Crippen LogP contribution in [0.2, 0.25) is 0 Å². The number of esters is 2. The zero-order chi connectivity index (χ0) is 20.2. The summed E-state index contributed by atoms with van der Waals surface area (Å²) < 4.78 is 10.9. The number of rotatable bonds is 11. The molecule has 0 aliphatic carbocycles. The van der Waals surface area contributed by atoms with Crippen LogP contribution in [0.15, 0.2) is 48.8 Å². The van der Waals surface area contributed by atoms with E-state index in [4.69, 9.17) is 9.47 Å². The number of nitrogens with zero attached hydrogens (tertiary/aromatic N) is 2. The molecule has 2 aromatic rings. The highest BCUT2D eigenvalue weighted by Crippen LogP contribution is 2.26. The zero-order valence-corrected chi connectivity index (χ0v) is 16.5. The van der Waals surface area contributed by atoms with Gasteiger partial charge in [0.25, 0.3) is 0 Å². The van der Waals surface area contributed by atoms with Crippen molar-refractivity contribution in [2.75, 3.05) is 0 Å². The van der Waals surface area contributed by atoms with E-state index >= 15 is 0 Å². The van der Waals surface area contributed by atoms with Crippen molar-refractivity contribution in [2.45, 2.75) is 52.7 Å². The third kappa shape index (κ3) is 6.76. The van der Waals surface area contributed by atoms with Crippen molar-refractivity contribution in [3.05, 3.63) is 60.2 Å². The van der Waals surface area contributed by atoms with Crippen LogP contribution < -0.4 is 0 Å². The molecule has 0 aromatic carbocycles. The van der Waals surface area contributed by atoms with Gasteiger partial charge in [-0.2, -0.15) is 0 Å². The summed E-state index contributed by atoms with van der Waals surface area (Å²) >= 11 is 0. The molecule has 2 rings (SSSR count). The molecule has 0 saturated carbocycles. The normalized spacial score (nSPS) is 12.8. The number of pyridine rings is 2. The van der Waals surface area contributed by atoms with Gasteiger partial charge < -0.3 is 9.47 Å². The minimum absolute atomic E-state index is 0.0989. The van der Waals surface area contributed by atoms with E-state index < -0.39 is 11.8 Å². The summed E-state index contributed by atoms with van der Waals surface area (Å²) in [6.07, 6.45) is 6.01. The number of ether oxygens (including phenoxy) is 2. The van der Waals surface area contributed by atoms with Crippen molar-refractivity contribution in [2.24, 2.45) is 11.8 Å². The molecule has 6 nitrogen and oxygen atoms in total. The summed E-state index contributed by atoms with van der Waals surface area (Å²) in [6.45, 7) is 4.17. The summed E-state index contributed by atoms with van der Waals surface area (Å²) in [4.78, 5) is 33.8. The zero-order valence-electron chi connectivity index (χ0n) is 16.5. The fraction of sp³-hybridized carbons (Fsp3) is 0.455. The van der Waals surface area contributed by atoms with Gasteiger partial charge in [0.2, 0.25) is 0 Å². The third-order valence-electron chi connectivity index (χ3n) is 4.47. The van der Waals surface area contributed by atoms with Crippen LogP contribution in [0.25, 0.3) is 0 Å². The Labute approximate surface area is 166 Å². The molecule has 2 heterocycles. The highest BCUT2D eigenvalue weighted by Gasteiger charge is 2.35. The second-order valence-electron chi connectivity index (χ2n) is 6.65. The lowest BCUT2D eigenvalue weighted by Crippen LogP contribution is -2.32. The third-order valence-corrected chi connectivity index (χ3v) is 4.47. The molecule has 0 aliphatic heterocycles. The maximum absolute atomic E-state index is 12.7. The average molecular weight is 384 g/mol. The minimum Gasteiger partial charge on any atom is -0.459 e. The van der Waals surface area contributed by atoms with E-state index in [1.165, 1.54) is 0 Å². The van der Waals surface area contributed by atoms with Crippen molar-refractivity contribution < 1.29 is 19.1 Å². The molecule has 0 radical (unpaired) electrons. The van der Waals surface area contributed by atoms with Crippen molar-refractivity contribution in [1.29, 1.82) is 0 Å². The standard InChI is InChI=1S/C22H28N2O4/c1-3-9-19(21(25)27-15-17-11-5-7-13-23-17)20(10-4-2)22(26)28-16-18-12-6-8-14-24-18/h5-8,11-14,19-20H,3-4,9-10,15-16H2,1-2H3/t19-,20-/m0/s1. The first kappa shape index (κ1) is 21.5. The Morgan fingerprint density at radius 3 is 1.54 bits per heavy atom. The fourth-order valence-corrected chi connectivity index (χ4v) is 3.06. The first-order valence-corrected chi connectivity index (χ1v) is 9.78. The van der Waals surface area contributed by atoms with Gasteiger partial charge in [-0.25, -0.2) is 0 Å². The van der Waals surface area contributed by atoms with Crippen LogP contribution in [0.3, 0.4) is 0 Å². The van der Waals surface area contributed by atoms with Crippen LogP contribution in [0.5, 0.6) is 0 Å². The van der Waals surface area contributed by atoms with E-state index in [0.717, 1.165) is 12.8 Å². The van der Waals surface area contributed by atoms with Crippen LogP contribution in [0.4, 0.5) is 0 Å². The molecule has 0 saturated heterocycles. The predicted molar refractivity (Wildman–Crippen MR) is 105 cm³/mol. The van der Waals surface area contributed by atoms with Gasteiger partial charge in [0.05, 0.1) is 23.2 Å². The van der Waals surface area contributed by atoms with Crippen LogP contribution in [-0.2, 0) is 32.3 Å². The second kappa shape index (κ2) is 11.8. The molecule has 0 bridgehead atoms. The van der Waals surface area contributed by atoms with Gasteiger partial charge in [0.15, 0.2) is 0 Å². The molecule has 0 aliphatic rings. The lowest BCUT2D eigenvalue weighted by molar-refractivity contribution is -0.163. The summed E-state index contributed by atoms with van der Waals surface area (Å²) in [7, 11) is 0. The fourth-order valence-electron chi connectivity index (χ4n) is 3.06. The van der Waals surface area contributed by atoms with Gasteiger partial charge in [0, 0.05) is 12.4 Å². The molecule has 0 spiro atoms. The average Bonchev–Trinajstić information content (AvgIpc) is 2.74. The molecular weight excluding hydrogens is 356 g/mol. The summed E-state index contributed by atoms with van der Waals surface area (Å²) in [6, 6.07) is 10.9. The molecule has 2 atom stereocenters. The Hall–Kier alpha value is -2.76. The molecule has 0 unspecified atom stereocenters. The molecule has 0 fully saturated rings. The van der Waals surface area contributed by atoms with Crippen LogP contribution in [0, 0.1) is 11.8 Å². The molecule has 0 amide bonds. The Kier molecular flexibility index (Phi) is 9.11. The minimum atomic E-state index is -0.523. The Balaban J connectivity index is 2.02. The van der Waals surface area contributed by atoms with Gasteiger partial charge in [0.1, 0.15) is 13.2 Å². The quantitative estimate of drug-likeness (QED) is 0.543. The molecule has 6 heteroatoms. The SMILES string of the molecule is CCC[C@H](C(=O)OCc1ccccn1)[C@H](CCC)C(=O)OCc1ccccn1. The summed E-state index contributed by atoms with van der Waals surface area (Å²) in [5, 5.41) is 0. The van der Waals surface area contributed by atoms with Gasteiger partial charge in [-0.15, -0.1) is 0 Å². The topological polar surface area (TPSA) is 78.4 Å². The first-order chi connectivity index (χ1) is 13.7. The van der Waals surface area contributed by atoms with E-state index in [2.05, 4.69) is 9.97 Å². The number of carbonyl (C=O) groups excluding carboxylic acids is 2. The molecule has 2 aromatic heterocycles. The lowest BCUT2D eigenvalue weighted by atomic mass is 9.85. The van der Waals surface area contributed by atoms with Crippen molar-refractivity contribution >= 4 is 11.9 Å². The number of hydrogen-bond donors (Lipinski definition) is 0. The van der Waals surface area contributed by atoms with Crippen molar-refractivity contribution in [1.82, 2.24) is 9.97 Å². The van der Waals surface area contributed by atoms with E-state index in [-0.39, 0.29) is 25.2 Å². The van der Waals surface area contributed by atoms with E-state index in [1.807, 2.05) is 26.0 Å².